The minimum Gasteiger partial charge on any atom is -0.451 e. The average molecular weight is 590 g/mol. The fourth-order valence-corrected chi connectivity index (χ4v) is 6.22. The summed E-state index contributed by atoms with van der Waals surface area (Å²) in [7, 11) is 1.31. The number of amides is 4. The second kappa shape index (κ2) is 12.6. The van der Waals surface area contributed by atoms with Gasteiger partial charge in [0.15, 0.2) is 5.76 Å². The van der Waals surface area contributed by atoms with Crippen LogP contribution in [0.15, 0.2) is 51.8 Å². The number of nitrogens with one attached hydrogen (secondary N) is 4. The van der Waals surface area contributed by atoms with Crippen LogP contribution in [0.2, 0.25) is 0 Å². The number of likely N-dealkylation sites (N-methyl/N-ethyl adjacent to an activating group) is 1. The first-order valence-corrected chi connectivity index (χ1v) is 14.5. The number of hydrogen-bond acceptors (Lipinski definition) is 7. The molecule has 0 spiro atoms. The second-order valence-corrected chi connectivity index (χ2v) is 11.3. The van der Waals surface area contributed by atoms with Gasteiger partial charge in [-0.15, -0.1) is 0 Å². The molecule has 2 bridgehead atoms. The molecule has 0 radical (unpaired) electrons. The number of aryl methyl sites for hydroxylation is 1. The third-order valence-corrected chi connectivity index (χ3v) is 8.49. The van der Waals surface area contributed by atoms with Crippen LogP contribution in [0.4, 0.5) is 5.69 Å². The Balaban J connectivity index is 1.29. The number of aromatic nitrogens is 1. The van der Waals surface area contributed by atoms with Gasteiger partial charge in [0.1, 0.15) is 23.9 Å². The molecule has 2 aliphatic carbocycles. The maximum atomic E-state index is 13.4. The van der Waals surface area contributed by atoms with E-state index in [0.717, 1.165) is 24.6 Å². The van der Waals surface area contributed by atoms with Crippen molar-refractivity contribution in [3.8, 4) is 0 Å². The molecule has 4 amide bonds. The van der Waals surface area contributed by atoms with E-state index in [0.29, 0.717) is 23.0 Å². The Hall–Kier alpha value is -4.74. The van der Waals surface area contributed by atoms with E-state index in [-0.39, 0.29) is 42.8 Å². The molecular formula is C31H35N5O7. The first kappa shape index (κ1) is 29.7. The number of anilines is 1. The lowest BCUT2D eigenvalue weighted by Gasteiger charge is -2.23. The normalized spacial score (nSPS) is 19.5. The Morgan fingerprint density at radius 2 is 1.84 bits per heavy atom. The van der Waals surface area contributed by atoms with Crippen molar-refractivity contribution >= 4 is 46.1 Å². The third-order valence-electron chi connectivity index (χ3n) is 8.49. The maximum Gasteiger partial charge on any atom is 0.287 e. The van der Waals surface area contributed by atoms with Crippen LogP contribution >= 0.6 is 0 Å². The molecule has 0 unspecified atom stereocenters. The predicted octanol–water partition coefficient (Wildman–Crippen LogP) is 2.04. The maximum absolute atomic E-state index is 13.4. The van der Waals surface area contributed by atoms with Gasteiger partial charge in [0.2, 0.25) is 17.6 Å². The van der Waals surface area contributed by atoms with Crippen molar-refractivity contribution in [1.29, 1.82) is 0 Å². The summed E-state index contributed by atoms with van der Waals surface area (Å²) in [6.45, 7) is 1.51. The van der Waals surface area contributed by atoms with Crippen molar-refractivity contribution < 1.29 is 28.4 Å². The van der Waals surface area contributed by atoms with E-state index >= 15 is 0 Å². The molecule has 2 fully saturated rings. The first-order valence-electron chi connectivity index (χ1n) is 14.5. The molecule has 12 nitrogen and oxygen atoms in total. The largest absolute Gasteiger partial charge is 0.451 e. The van der Waals surface area contributed by atoms with E-state index in [2.05, 4.69) is 21.3 Å². The summed E-state index contributed by atoms with van der Waals surface area (Å²) in [6.07, 6.45) is 5.33. The van der Waals surface area contributed by atoms with Crippen LogP contribution in [-0.2, 0) is 25.7 Å². The lowest BCUT2D eigenvalue weighted by atomic mass is 9.95. The highest BCUT2D eigenvalue weighted by atomic mass is 16.3. The number of carbonyl (C=O) groups excluding carboxylic acids is 5. The standard InChI is InChI=1S/C31H35N5O7/c1-17-20-6-3-4-8-25(20)43-27(17)30(41)34-21(11-12-24(37)29(40)32-2)28(39)35-22-7-5-13-36(31(22)42)16-26(38)33-23-15-18-9-10-19(23)14-18/h3-8,13,18-19,21,23H,9-12,14-16H2,1-2H3,(H,32,40)(H,33,38)(H,34,41)(H,35,39)/t18-,19+,21-,23+/m0/s1. The summed E-state index contributed by atoms with van der Waals surface area (Å²) in [5, 5.41) is 11.1. The zero-order valence-electron chi connectivity index (χ0n) is 24.1. The van der Waals surface area contributed by atoms with Crippen LogP contribution in [0.1, 0.15) is 54.6 Å². The molecule has 3 aromatic rings. The van der Waals surface area contributed by atoms with Gasteiger partial charge in [-0.2, -0.15) is 0 Å². The number of rotatable bonds is 11. The first-order chi connectivity index (χ1) is 20.6. The van der Waals surface area contributed by atoms with Crippen molar-refractivity contribution in [3.63, 3.8) is 0 Å². The Bertz CT molecular complexity index is 1640. The number of benzene rings is 1. The van der Waals surface area contributed by atoms with E-state index < -0.39 is 35.1 Å². The Labute approximate surface area is 247 Å². The van der Waals surface area contributed by atoms with Gasteiger partial charge in [0.25, 0.3) is 17.4 Å². The molecular weight excluding hydrogens is 554 g/mol. The van der Waals surface area contributed by atoms with E-state index in [1.807, 2.05) is 6.07 Å². The number of Topliss-reactive ketones (excluding diaryl/α,β-unsaturated/α-hetero) is 1. The summed E-state index contributed by atoms with van der Waals surface area (Å²) in [6, 6.07) is 8.85. The van der Waals surface area contributed by atoms with Crippen molar-refractivity contribution in [2.75, 3.05) is 12.4 Å². The van der Waals surface area contributed by atoms with E-state index in [9.17, 15) is 28.8 Å². The molecule has 1 aromatic carbocycles. The van der Waals surface area contributed by atoms with Crippen LogP contribution in [-0.4, -0.2) is 53.1 Å². The number of fused-ring (bicyclic) bond motifs is 3. The van der Waals surface area contributed by atoms with Crippen LogP contribution in [0.3, 0.4) is 0 Å². The van der Waals surface area contributed by atoms with Crippen LogP contribution in [0.25, 0.3) is 11.0 Å². The summed E-state index contributed by atoms with van der Waals surface area (Å²) in [4.78, 5) is 76.4. The lowest BCUT2D eigenvalue weighted by molar-refractivity contribution is -0.137. The summed E-state index contributed by atoms with van der Waals surface area (Å²) >= 11 is 0. The molecule has 2 saturated carbocycles. The van der Waals surface area contributed by atoms with Crippen LogP contribution < -0.4 is 26.8 Å². The van der Waals surface area contributed by atoms with E-state index in [1.165, 1.54) is 36.4 Å². The second-order valence-electron chi connectivity index (χ2n) is 11.3. The van der Waals surface area contributed by atoms with Crippen LogP contribution in [0.5, 0.6) is 0 Å². The number of ketones is 1. The predicted molar refractivity (Wildman–Crippen MR) is 157 cm³/mol. The molecule has 43 heavy (non-hydrogen) atoms. The topological polar surface area (TPSA) is 169 Å². The Morgan fingerprint density at radius 3 is 2.53 bits per heavy atom. The zero-order chi connectivity index (χ0) is 30.7. The monoisotopic (exact) mass is 589 g/mol. The highest BCUT2D eigenvalue weighted by Crippen LogP contribution is 2.44. The molecule has 0 aliphatic heterocycles. The SMILES string of the molecule is CNC(=O)C(=O)CC[C@H](NC(=O)c1oc2ccccc2c1C)C(=O)Nc1cccn(CC(=O)N[C@@H]2C[C@H]3CC[C@@H]2C3)c1=O. The molecule has 226 valence electrons. The van der Waals surface area contributed by atoms with E-state index in [1.54, 1.807) is 25.1 Å². The quantitative estimate of drug-likeness (QED) is 0.248. The van der Waals surface area contributed by atoms with E-state index in [4.69, 9.17) is 4.42 Å². The van der Waals surface area contributed by atoms with Crippen molar-refractivity contribution in [1.82, 2.24) is 20.5 Å². The number of nitrogens with zero attached hydrogens (tertiary/aromatic N) is 1. The number of pyridine rings is 1. The highest BCUT2D eigenvalue weighted by molar-refractivity contribution is 6.36. The van der Waals surface area contributed by atoms with Gasteiger partial charge in [-0.3, -0.25) is 28.8 Å². The van der Waals surface area contributed by atoms with Crippen LogP contribution in [0, 0.1) is 18.8 Å². The zero-order valence-corrected chi connectivity index (χ0v) is 24.1. The molecule has 2 heterocycles. The van der Waals surface area contributed by atoms with Gasteiger partial charge in [0.05, 0.1) is 0 Å². The Morgan fingerprint density at radius 1 is 1.05 bits per heavy atom. The smallest absolute Gasteiger partial charge is 0.287 e. The highest BCUT2D eigenvalue weighted by Gasteiger charge is 2.40. The van der Waals surface area contributed by atoms with Crippen molar-refractivity contribution in [2.24, 2.45) is 11.8 Å². The summed E-state index contributed by atoms with van der Waals surface area (Å²) < 4.78 is 6.92. The molecule has 4 N–H and O–H groups in total. The van der Waals surface area contributed by atoms with Gasteiger partial charge >= 0.3 is 0 Å². The van der Waals surface area contributed by atoms with Crippen molar-refractivity contribution in [2.45, 2.75) is 64.1 Å². The number of carbonyl (C=O) groups is 5. The molecule has 12 heteroatoms. The molecule has 2 aliphatic rings. The van der Waals surface area contributed by atoms with Gasteiger partial charge in [-0.25, -0.2) is 0 Å². The van der Waals surface area contributed by atoms with Gasteiger partial charge in [-0.05, 0) is 62.6 Å². The number of hydrogen-bond donors (Lipinski definition) is 4. The average Bonchev–Trinajstić information content (AvgIpc) is 3.71. The lowest BCUT2D eigenvalue weighted by Crippen LogP contribution is -2.45. The molecule has 0 saturated heterocycles. The molecule has 2 aromatic heterocycles. The summed E-state index contributed by atoms with van der Waals surface area (Å²) in [5.74, 6) is -2.18. The third kappa shape index (κ3) is 6.52. The Kier molecular flexibility index (Phi) is 8.74. The molecule has 5 rings (SSSR count). The molecule has 4 atom stereocenters. The summed E-state index contributed by atoms with van der Waals surface area (Å²) in [5.41, 5.74) is 0.370. The minimum atomic E-state index is -1.29. The number of para-hydroxylation sites is 1. The van der Waals surface area contributed by atoms with Crippen molar-refractivity contribution in [3.05, 3.63) is 64.3 Å². The number of furan rings is 1. The van der Waals surface area contributed by atoms with Gasteiger partial charge < -0.3 is 30.3 Å². The fraction of sp³-hybridized carbons (Fsp3) is 0.419. The van der Waals surface area contributed by atoms with Gasteiger partial charge in [0, 0.05) is 36.7 Å². The minimum absolute atomic E-state index is 0.000177. The fourth-order valence-electron chi connectivity index (χ4n) is 6.22. The van der Waals surface area contributed by atoms with Gasteiger partial charge in [-0.1, -0.05) is 24.6 Å².